The van der Waals surface area contributed by atoms with Gasteiger partial charge in [-0.15, -0.1) is 0 Å². The number of alkyl halides is 3. The lowest BCUT2D eigenvalue weighted by molar-refractivity contribution is -0.137. The van der Waals surface area contributed by atoms with E-state index in [1.165, 1.54) is 24.3 Å². The van der Waals surface area contributed by atoms with E-state index < -0.39 is 11.7 Å². The fourth-order valence-corrected chi connectivity index (χ4v) is 1.72. The van der Waals surface area contributed by atoms with Crippen molar-refractivity contribution in [1.82, 2.24) is 10.5 Å². The fraction of sp³-hybridized carbons (Fsp3) is 0.308. The Morgan fingerprint density at radius 3 is 2.68 bits per heavy atom. The molecule has 0 aliphatic carbocycles. The second kappa shape index (κ2) is 5.44. The Kier molecular flexibility index (Phi) is 3.90. The van der Waals surface area contributed by atoms with Gasteiger partial charge in [-0.3, -0.25) is 0 Å². The first-order valence-corrected chi connectivity index (χ1v) is 5.85. The van der Waals surface area contributed by atoms with Crippen molar-refractivity contribution < 1.29 is 17.7 Å². The predicted octanol–water partition coefficient (Wildman–Crippen LogP) is 3.47. The Hall–Kier alpha value is -1.82. The summed E-state index contributed by atoms with van der Waals surface area (Å²) in [6.07, 6.45) is -4.41. The molecular formula is C13H13F3N2O. The van der Waals surface area contributed by atoms with Gasteiger partial charge in [-0.2, -0.15) is 13.2 Å². The lowest BCUT2D eigenvalue weighted by Crippen LogP contribution is -2.11. The van der Waals surface area contributed by atoms with E-state index in [0.29, 0.717) is 12.2 Å². The third-order valence-electron chi connectivity index (χ3n) is 2.61. The number of nitrogens with one attached hydrogen (secondary N) is 1. The summed E-state index contributed by atoms with van der Waals surface area (Å²) in [7, 11) is 0. The van der Waals surface area contributed by atoms with Crippen molar-refractivity contribution in [3.8, 4) is 11.3 Å². The molecule has 0 saturated carbocycles. The van der Waals surface area contributed by atoms with Gasteiger partial charge in [0, 0.05) is 18.2 Å². The number of hydrogen-bond acceptors (Lipinski definition) is 3. The Bertz CT molecular complexity index is 549. The van der Waals surface area contributed by atoms with Gasteiger partial charge in [0.1, 0.15) is 0 Å². The zero-order valence-electron chi connectivity index (χ0n) is 10.3. The minimum absolute atomic E-state index is 0.00486. The van der Waals surface area contributed by atoms with Crippen molar-refractivity contribution in [1.29, 1.82) is 0 Å². The van der Waals surface area contributed by atoms with Crippen molar-refractivity contribution in [2.75, 3.05) is 6.54 Å². The van der Waals surface area contributed by atoms with E-state index in [1.54, 1.807) is 0 Å². The number of aromatic nitrogens is 1. The summed E-state index contributed by atoms with van der Waals surface area (Å²) in [5.41, 5.74) is -0.139. The normalized spacial score (nSPS) is 11.8. The highest BCUT2D eigenvalue weighted by Crippen LogP contribution is 2.36. The standard InChI is InChI=1S/C13H13F3N2O/c1-2-17-8-9-7-12(19-18-9)10-5-3-4-6-11(10)13(14,15)16/h3-7,17H,2,8H2,1H3. The molecule has 1 N–H and O–H groups in total. The van der Waals surface area contributed by atoms with Crippen LogP contribution in [0.2, 0.25) is 0 Å². The lowest BCUT2D eigenvalue weighted by atomic mass is 10.0. The van der Waals surface area contributed by atoms with Gasteiger partial charge in [0.15, 0.2) is 5.76 Å². The highest BCUT2D eigenvalue weighted by Gasteiger charge is 2.34. The predicted molar refractivity (Wildman–Crippen MR) is 64.3 cm³/mol. The van der Waals surface area contributed by atoms with E-state index in [2.05, 4.69) is 10.5 Å². The SMILES string of the molecule is CCNCc1cc(-c2ccccc2C(F)(F)F)on1. The van der Waals surface area contributed by atoms with Gasteiger partial charge in [-0.05, 0) is 12.6 Å². The average Bonchev–Trinajstić information content (AvgIpc) is 2.84. The van der Waals surface area contributed by atoms with Crippen LogP contribution in [0.25, 0.3) is 11.3 Å². The first-order chi connectivity index (χ1) is 9.02. The van der Waals surface area contributed by atoms with E-state index in [-0.39, 0.29) is 11.3 Å². The van der Waals surface area contributed by atoms with E-state index >= 15 is 0 Å². The smallest absolute Gasteiger partial charge is 0.356 e. The molecule has 0 amide bonds. The van der Waals surface area contributed by atoms with E-state index in [4.69, 9.17) is 4.52 Å². The number of halogens is 3. The van der Waals surface area contributed by atoms with E-state index in [0.717, 1.165) is 12.6 Å². The van der Waals surface area contributed by atoms with Crippen LogP contribution in [0.5, 0.6) is 0 Å². The Morgan fingerprint density at radius 2 is 2.00 bits per heavy atom. The first kappa shape index (κ1) is 13.6. The third kappa shape index (κ3) is 3.14. The molecule has 2 rings (SSSR count). The first-order valence-electron chi connectivity index (χ1n) is 5.85. The van der Waals surface area contributed by atoms with Gasteiger partial charge in [-0.1, -0.05) is 30.3 Å². The molecule has 0 aliphatic heterocycles. The number of benzene rings is 1. The summed E-state index contributed by atoms with van der Waals surface area (Å²) in [5.74, 6) is 0.126. The largest absolute Gasteiger partial charge is 0.417 e. The molecular weight excluding hydrogens is 257 g/mol. The highest BCUT2D eigenvalue weighted by molar-refractivity contribution is 5.63. The fourth-order valence-electron chi connectivity index (χ4n) is 1.72. The molecule has 1 aromatic heterocycles. The summed E-state index contributed by atoms with van der Waals surface area (Å²) in [6.45, 7) is 3.15. The summed E-state index contributed by atoms with van der Waals surface area (Å²) >= 11 is 0. The van der Waals surface area contributed by atoms with Crippen LogP contribution in [-0.2, 0) is 12.7 Å². The number of rotatable bonds is 4. The lowest BCUT2D eigenvalue weighted by Gasteiger charge is -2.09. The van der Waals surface area contributed by atoms with Crippen LogP contribution in [0.4, 0.5) is 13.2 Å². The molecule has 0 radical (unpaired) electrons. The van der Waals surface area contributed by atoms with Crippen LogP contribution in [0, 0.1) is 0 Å². The molecule has 0 unspecified atom stereocenters. The summed E-state index contributed by atoms with van der Waals surface area (Å²) in [6, 6.07) is 6.81. The molecule has 0 atom stereocenters. The van der Waals surface area contributed by atoms with Gasteiger partial charge in [-0.25, -0.2) is 0 Å². The highest BCUT2D eigenvalue weighted by atomic mass is 19.4. The van der Waals surface area contributed by atoms with Crippen LogP contribution >= 0.6 is 0 Å². The molecule has 102 valence electrons. The van der Waals surface area contributed by atoms with Crippen molar-refractivity contribution in [3.63, 3.8) is 0 Å². The zero-order valence-corrected chi connectivity index (χ0v) is 10.3. The molecule has 0 bridgehead atoms. The Labute approximate surface area is 108 Å². The van der Waals surface area contributed by atoms with Crippen molar-refractivity contribution in [3.05, 3.63) is 41.6 Å². The molecule has 2 aromatic rings. The molecule has 0 fully saturated rings. The summed E-state index contributed by atoms with van der Waals surface area (Å²) in [4.78, 5) is 0. The van der Waals surface area contributed by atoms with Crippen LogP contribution < -0.4 is 5.32 Å². The Balaban J connectivity index is 2.34. The quantitative estimate of drug-likeness (QED) is 0.924. The van der Waals surface area contributed by atoms with Crippen LogP contribution in [0.15, 0.2) is 34.9 Å². The zero-order chi connectivity index (χ0) is 13.9. The second-order valence-electron chi connectivity index (χ2n) is 4.01. The van der Waals surface area contributed by atoms with Gasteiger partial charge in [0.05, 0.1) is 11.3 Å². The van der Waals surface area contributed by atoms with Crippen LogP contribution in [-0.4, -0.2) is 11.7 Å². The minimum atomic E-state index is -4.41. The number of nitrogens with zero attached hydrogens (tertiary/aromatic N) is 1. The van der Waals surface area contributed by atoms with E-state index in [1.807, 2.05) is 6.92 Å². The molecule has 19 heavy (non-hydrogen) atoms. The topological polar surface area (TPSA) is 38.1 Å². The molecule has 1 aromatic carbocycles. The summed E-state index contributed by atoms with van der Waals surface area (Å²) < 4.78 is 43.6. The van der Waals surface area contributed by atoms with Crippen molar-refractivity contribution >= 4 is 0 Å². The summed E-state index contributed by atoms with van der Waals surface area (Å²) in [5, 5.41) is 6.78. The molecule has 1 heterocycles. The minimum Gasteiger partial charge on any atom is -0.356 e. The van der Waals surface area contributed by atoms with E-state index in [9.17, 15) is 13.2 Å². The maximum atomic E-state index is 12.9. The molecule has 0 spiro atoms. The van der Waals surface area contributed by atoms with Crippen molar-refractivity contribution in [2.45, 2.75) is 19.6 Å². The Morgan fingerprint density at radius 1 is 1.26 bits per heavy atom. The monoisotopic (exact) mass is 270 g/mol. The van der Waals surface area contributed by atoms with Gasteiger partial charge >= 0.3 is 6.18 Å². The maximum Gasteiger partial charge on any atom is 0.417 e. The molecule has 0 saturated heterocycles. The van der Waals surface area contributed by atoms with Crippen LogP contribution in [0.1, 0.15) is 18.2 Å². The average molecular weight is 270 g/mol. The van der Waals surface area contributed by atoms with Crippen molar-refractivity contribution in [2.24, 2.45) is 0 Å². The maximum absolute atomic E-state index is 12.9. The van der Waals surface area contributed by atoms with Crippen LogP contribution in [0.3, 0.4) is 0 Å². The van der Waals surface area contributed by atoms with Gasteiger partial charge in [0.2, 0.25) is 0 Å². The second-order valence-corrected chi connectivity index (χ2v) is 4.01. The molecule has 3 nitrogen and oxygen atoms in total. The molecule has 0 aliphatic rings. The van der Waals surface area contributed by atoms with Gasteiger partial charge in [0.25, 0.3) is 0 Å². The van der Waals surface area contributed by atoms with Gasteiger partial charge < -0.3 is 9.84 Å². The molecule has 6 heteroatoms. The number of hydrogen-bond donors (Lipinski definition) is 1. The third-order valence-corrected chi connectivity index (χ3v) is 2.61.